The van der Waals surface area contributed by atoms with Crippen LogP contribution in [-0.4, -0.2) is 35.3 Å². The molecular formula is C13H18BrNO2. The van der Waals surface area contributed by atoms with Crippen molar-refractivity contribution in [3.63, 3.8) is 0 Å². The van der Waals surface area contributed by atoms with Gasteiger partial charge in [0, 0.05) is 25.2 Å². The Morgan fingerprint density at radius 2 is 2.00 bits per heavy atom. The maximum atomic E-state index is 9.96. The lowest BCUT2D eigenvalue weighted by atomic mass is 10.1. The van der Waals surface area contributed by atoms with Gasteiger partial charge in [-0.15, -0.1) is 0 Å². The second kappa shape index (κ2) is 5.38. The monoisotopic (exact) mass is 299 g/mol. The Morgan fingerprint density at radius 1 is 1.35 bits per heavy atom. The van der Waals surface area contributed by atoms with Crippen LogP contribution in [0.3, 0.4) is 0 Å². The highest BCUT2D eigenvalue weighted by Gasteiger charge is 2.22. The molecule has 0 amide bonds. The van der Waals surface area contributed by atoms with Crippen LogP contribution in [0.1, 0.15) is 19.4 Å². The second-order valence-corrected chi connectivity index (χ2v) is 5.55. The fourth-order valence-electron chi connectivity index (χ4n) is 2.34. The van der Waals surface area contributed by atoms with Gasteiger partial charge in [-0.3, -0.25) is 4.90 Å². The lowest BCUT2D eigenvalue weighted by molar-refractivity contribution is -0.0706. The molecule has 0 bridgehead atoms. The molecule has 1 saturated heterocycles. The quantitative estimate of drug-likeness (QED) is 0.911. The number of phenols is 1. The average molecular weight is 300 g/mol. The van der Waals surface area contributed by atoms with Gasteiger partial charge in [-0.1, -0.05) is 12.1 Å². The lowest BCUT2D eigenvalue weighted by Gasteiger charge is -2.35. The van der Waals surface area contributed by atoms with Crippen molar-refractivity contribution in [1.29, 1.82) is 0 Å². The molecular weight excluding hydrogens is 282 g/mol. The number of morpholine rings is 1. The summed E-state index contributed by atoms with van der Waals surface area (Å²) in [5, 5.41) is 9.96. The fourth-order valence-corrected chi connectivity index (χ4v) is 2.75. The van der Waals surface area contributed by atoms with Gasteiger partial charge in [0.1, 0.15) is 5.75 Å². The summed E-state index contributed by atoms with van der Waals surface area (Å²) < 4.78 is 6.45. The first-order chi connectivity index (χ1) is 8.06. The molecule has 0 radical (unpaired) electrons. The molecule has 1 N–H and O–H groups in total. The molecule has 3 nitrogen and oxygen atoms in total. The molecule has 1 aromatic carbocycles. The molecule has 94 valence electrons. The number of rotatable bonds is 2. The molecule has 1 fully saturated rings. The Kier molecular flexibility index (Phi) is 4.07. The van der Waals surface area contributed by atoms with Crippen molar-refractivity contribution in [2.45, 2.75) is 32.6 Å². The number of hydrogen-bond acceptors (Lipinski definition) is 3. The largest absolute Gasteiger partial charge is 0.506 e. The third-order valence-corrected chi connectivity index (χ3v) is 3.60. The number of nitrogens with zero attached hydrogens (tertiary/aromatic N) is 1. The normalized spacial score (nSPS) is 26.1. The minimum absolute atomic E-state index is 0.257. The van der Waals surface area contributed by atoms with Crippen molar-refractivity contribution < 1.29 is 9.84 Å². The molecule has 1 heterocycles. The molecule has 17 heavy (non-hydrogen) atoms. The summed E-state index contributed by atoms with van der Waals surface area (Å²) in [5.74, 6) is 0.347. The molecule has 2 rings (SSSR count). The maximum Gasteiger partial charge on any atom is 0.134 e. The first-order valence-electron chi connectivity index (χ1n) is 5.90. The Morgan fingerprint density at radius 3 is 2.65 bits per heavy atom. The number of phenolic OH excluding ortho intramolecular Hbond substituents is 1. The van der Waals surface area contributed by atoms with E-state index in [0.717, 1.165) is 29.7 Å². The van der Waals surface area contributed by atoms with E-state index in [1.807, 2.05) is 18.2 Å². The van der Waals surface area contributed by atoms with Crippen LogP contribution in [0.15, 0.2) is 22.7 Å². The zero-order valence-electron chi connectivity index (χ0n) is 10.2. The van der Waals surface area contributed by atoms with E-state index in [2.05, 4.69) is 34.7 Å². The topological polar surface area (TPSA) is 32.7 Å². The summed E-state index contributed by atoms with van der Waals surface area (Å²) in [6.07, 6.45) is 0.515. The van der Waals surface area contributed by atoms with E-state index in [4.69, 9.17) is 4.74 Å². The molecule has 0 saturated carbocycles. The van der Waals surface area contributed by atoms with E-state index in [-0.39, 0.29) is 12.2 Å². The summed E-state index contributed by atoms with van der Waals surface area (Å²) in [5.41, 5.74) is 0.959. The highest BCUT2D eigenvalue weighted by Crippen LogP contribution is 2.28. The third-order valence-electron chi connectivity index (χ3n) is 2.96. The molecule has 1 aliphatic rings. The van der Waals surface area contributed by atoms with Crippen LogP contribution in [0.4, 0.5) is 0 Å². The number of halogens is 1. The van der Waals surface area contributed by atoms with Gasteiger partial charge in [-0.2, -0.15) is 0 Å². The van der Waals surface area contributed by atoms with Crippen molar-refractivity contribution in [3.05, 3.63) is 28.2 Å². The van der Waals surface area contributed by atoms with E-state index in [0.29, 0.717) is 5.75 Å². The van der Waals surface area contributed by atoms with E-state index in [1.165, 1.54) is 0 Å². The van der Waals surface area contributed by atoms with Gasteiger partial charge in [0.05, 0.1) is 16.7 Å². The van der Waals surface area contributed by atoms with Crippen LogP contribution in [0.25, 0.3) is 0 Å². The van der Waals surface area contributed by atoms with Crippen LogP contribution in [0, 0.1) is 0 Å². The van der Waals surface area contributed by atoms with E-state index < -0.39 is 0 Å². The molecule has 0 aliphatic carbocycles. The summed E-state index contributed by atoms with van der Waals surface area (Å²) in [6.45, 7) is 6.77. The fraction of sp³-hybridized carbons (Fsp3) is 0.538. The number of para-hydroxylation sites is 1. The summed E-state index contributed by atoms with van der Waals surface area (Å²) in [4.78, 5) is 2.32. The van der Waals surface area contributed by atoms with Gasteiger partial charge in [0.2, 0.25) is 0 Å². The summed E-state index contributed by atoms with van der Waals surface area (Å²) in [6, 6.07) is 5.76. The van der Waals surface area contributed by atoms with Gasteiger partial charge in [0.25, 0.3) is 0 Å². The van der Waals surface area contributed by atoms with Gasteiger partial charge >= 0.3 is 0 Å². The lowest BCUT2D eigenvalue weighted by Crippen LogP contribution is -2.44. The predicted molar refractivity (Wildman–Crippen MR) is 71.1 cm³/mol. The Labute approximate surface area is 111 Å². The van der Waals surface area contributed by atoms with Crippen LogP contribution >= 0.6 is 15.9 Å². The Hall–Kier alpha value is -0.580. The maximum absolute atomic E-state index is 9.96. The number of aromatic hydroxyl groups is 1. The molecule has 1 aromatic rings. The Balaban J connectivity index is 2.07. The van der Waals surface area contributed by atoms with Gasteiger partial charge in [-0.05, 0) is 35.8 Å². The zero-order valence-corrected chi connectivity index (χ0v) is 11.8. The van der Waals surface area contributed by atoms with Gasteiger partial charge in [0.15, 0.2) is 0 Å². The van der Waals surface area contributed by atoms with E-state index in [1.54, 1.807) is 0 Å². The van der Waals surface area contributed by atoms with Crippen molar-refractivity contribution in [2.24, 2.45) is 0 Å². The predicted octanol–water partition coefficient (Wildman–Crippen LogP) is 2.76. The van der Waals surface area contributed by atoms with Gasteiger partial charge in [-0.25, -0.2) is 0 Å². The third kappa shape index (κ3) is 3.21. The highest BCUT2D eigenvalue weighted by atomic mass is 79.9. The van der Waals surface area contributed by atoms with Crippen molar-refractivity contribution in [3.8, 4) is 5.75 Å². The smallest absolute Gasteiger partial charge is 0.134 e. The SMILES string of the molecule is CC1CN(Cc2cccc(Br)c2O)CC(C)O1. The minimum Gasteiger partial charge on any atom is -0.506 e. The highest BCUT2D eigenvalue weighted by molar-refractivity contribution is 9.10. The molecule has 2 atom stereocenters. The summed E-state index contributed by atoms with van der Waals surface area (Å²) in [7, 11) is 0. The molecule has 0 aromatic heterocycles. The van der Waals surface area contributed by atoms with Crippen LogP contribution in [-0.2, 0) is 11.3 Å². The van der Waals surface area contributed by atoms with Crippen LogP contribution < -0.4 is 0 Å². The first kappa shape index (κ1) is 12.9. The molecule has 1 aliphatic heterocycles. The van der Waals surface area contributed by atoms with Crippen molar-refractivity contribution in [2.75, 3.05) is 13.1 Å². The number of hydrogen-bond donors (Lipinski definition) is 1. The minimum atomic E-state index is 0.257. The molecule has 4 heteroatoms. The second-order valence-electron chi connectivity index (χ2n) is 4.70. The standard InChI is InChI=1S/C13H18BrNO2/c1-9-6-15(7-10(2)17-9)8-11-4-3-5-12(14)13(11)16/h3-5,9-10,16H,6-8H2,1-2H3. The van der Waals surface area contributed by atoms with Gasteiger partial charge < -0.3 is 9.84 Å². The van der Waals surface area contributed by atoms with E-state index >= 15 is 0 Å². The van der Waals surface area contributed by atoms with Crippen molar-refractivity contribution in [1.82, 2.24) is 4.90 Å². The summed E-state index contributed by atoms with van der Waals surface area (Å²) >= 11 is 3.34. The average Bonchev–Trinajstić information content (AvgIpc) is 2.23. The number of ether oxygens (including phenoxy) is 1. The molecule has 0 spiro atoms. The first-order valence-corrected chi connectivity index (χ1v) is 6.69. The zero-order chi connectivity index (χ0) is 12.4. The van der Waals surface area contributed by atoms with Crippen LogP contribution in [0.5, 0.6) is 5.75 Å². The Bertz CT molecular complexity index is 387. The number of benzene rings is 1. The molecule has 2 unspecified atom stereocenters. The van der Waals surface area contributed by atoms with Crippen molar-refractivity contribution >= 4 is 15.9 Å². The van der Waals surface area contributed by atoms with Crippen LogP contribution in [0.2, 0.25) is 0 Å². The van der Waals surface area contributed by atoms with E-state index in [9.17, 15) is 5.11 Å².